The van der Waals surface area contributed by atoms with Gasteiger partial charge in [0.1, 0.15) is 11.5 Å². The van der Waals surface area contributed by atoms with Crippen LogP contribution in [0.3, 0.4) is 0 Å². The molecular weight excluding hydrogens is 312 g/mol. The molecule has 132 valence electrons. The Morgan fingerprint density at radius 2 is 1.72 bits per heavy atom. The van der Waals surface area contributed by atoms with E-state index in [-0.39, 0.29) is 0 Å². The van der Waals surface area contributed by atoms with Crippen molar-refractivity contribution in [2.45, 2.75) is 0 Å². The summed E-state index contributed by atoms with van der Waals surface area (Å²) in [5.41, 5.74) is 2.36. The summed E-state index contributed by atoms with van der Waals surface area (Å²) in [7, 11) is 3.43. The van der Waals surface area contributed by atoms with Crippen LogP contribution < -0.4 is 14.4 Å². The van der Waals surface area contributed by atoms with E-state index in [1.807, 2.05) is 24.3 Å². The molecule has 0 saturated carbocycles. The monoisotopic (exact) mass is 338 g/mol. The Hall–Kier alpha value is -2.46. The molecular formula is C21H26N2O2. The summed E-state index contributed by atoms with van der Waals surface area (Å²) in [6.07, 6.45) is 4.37. The van der Waals surface area contributed by atoms with Crippen LogP contribution in [0.5, 0.6) is 11.5 Å². The molecule has 2 aromatic carbocycles. The fourth-order valence-corrected chi connectivity index (χ4v) is 3.13. The SMILES string of the molecule is COc1cccc(N2CCN(C/C=C\c3ccccc3OC)CC2)c1. The van der Waals surface area contributed by atoms with E-state index < -0.39 is 0 Å². The van der Waals surface area contributed by atoms with Gasteiger partial charge >= 0.3 is 0 Å². The van der Waals surface area contributed by atoms with Crippen LogP contribution in [-0.2, 0) is 0 Å². The number of rotatable bonds is 6. The van der Waals surface area contributed by atoms with Crippen molar-refractivity contribution in [3.63, 3.8) is 0 Å². The zero-order valence-electron chi connectivity index (χ0n) is 15.0. The smallest absolute Gasteiger partial charge is 0.126 e. The van der Waals surface area contributed by atoms with Gasteiger partial charge in [0.25, 0.3) is 0 Å². The van der Waals surface area contributed by atoms with Gasteiger partial charge in [0, 0.05) is 50.0 Å². The minimum absolute atomic E-state index is 0.916. The molecule has 4 nitrogen and oxygen atoms in total. The Morgan fingerprint density at radius 1 is 0.920 bits per heavy atom. The average molecular weight is 338 g/mol. The molecule has 0 N–H and O–H groups in total. The van der Waals surface area contributed by atoms with Crippen LogP contribution in [0.15, 0.2) is 54.6 Å². The van der Waals surface area contributed by atoms with Gasteiger partial charge in [0.15, 0.2) is 0 Å². The lowest BCUT2D eigenvalue weighted by molar-refractivity contribution is 0.284. The van der Waals surface area contributed by atoms with Gasteiger partial charge in [-0.1, -0.05) is 36.4 Å². The number of hydrogen-bond acceptors (Lipinski definition) is 4. The number of nitrogens with zero attached hydrogens (tertiary/aromatic N) is 2. The molecule has 0 aliphatic carbocycles. The van der Waals surface area contributed by atoms with E-state index >= 15 is 0 Å². The van der Waals surface area contributed by atoms with E-state index in [0.29, 0.717) is 0 Å². The maximum Gasteiger partial charge on any atom is 0.126 e. The molecule has 1 heterocycles. The van der Waals surface area contributed by atoms with Crippen molar-refractivity contribution in [3.8, 4) is 11.5 Å². The van der Waals surface area contributed by atoms with Gasteiger partial charge in [-0.15, -0.1) is 0 Å². The van der Waals surface area contributed by atoms with E-state index in [4.69, 9.17) is 9.47 Å². The molecule has 25 heavy (non-hydrogen) atoms. The average Bonchev–Trinajstić information content (AvgIpc) is 2.69. The molecule has 0 amide bonds. The van der Waals surface area contributed by atoms with Crippen LogP contribution in [0.1, 0.15) is 5.56 Å². The number of methoxy groups -OCH3 is 2. The van der Waals surface area contributed by atoms with E-state index in [1.54, 1.807) is 14.2 Å². The van der Waals surface area contributed by atoms with Crippen LogP contribution in [0.4, 0.5) is 5.69 Å². The Kier molecular flexibility index (Phi) is 5.96. The predicted octanol–water partition coefficient (Wildman–Crippen LogP) is 3.54. The zero-order valence-corrected chi connectivity index (χ0v) is 15.0. The van der Waals surface area contributed by atoms with Crippen LogP contribution in [0.25, 0.3) is 6.08 Å². The topological polar surface area (TPSA) is 24.9 Å². The largest absolute Gasteiger partial charge is 0.497 e. The summed E-state index contributed by atoms with van der Waals surface area (Å²) in [6, 6.07) is 16.4. The lowest BCUT2D eigenvalue weighted by atomic mass is 10.2. The number of hydrogen-bond donors (Lipinski definition) is 0. The molecule has 2 aromatic rings. The van der Waals surface area contributed by atoms with Gasteiger partial charge in [0.2, 0.25) is 0 Å². The molecule has 0 atom stereocenters. The molecule has 1 saturated heterocycles. The number of benzene rings is 2. The van der Waals surface area contributed by atoms with Gasteiger partial charge < -0.3 is 14.4 Å². The predicted molar refractivity (Wildman–Crippen MR) is 104 cm³/mol. The Bertz CT molecular complexity index is 707. The quantitative estimate of drug-likeness (QED) is 0.804. The molecule has 3 rings (SSSR count). The van der Waals surface area contributed by atoms with Crippen LogP contribution in [0, 0.1) is 0 Å². The maximum atomic E-state index is 5.39. The Balaban J connectivity index is 1.51. The summed E-state index contributed by atoms with van der Waals surface area (Å²) >= 11 is 0. The zero-order chi connectivity index (χ0) is 17.5. The second-order valence-electron chi connectivity index (χ2n) is 6.13. The fourth-order valence-electron chi connectivity index (χ4n) is 3.13. The first kappa shape index (κ1) is 17.4. The molecule has 0 unspecified atom stereocenters. The molecule has 1 aliphatic rings. The molecule has 0 radical (unpaired) electrons. The van der Waals surface area contributed by atoms with E-state index in [9.17, 15) is 0 Å². The van der Waals surface area contributed by atoms with Crippen molar-refractivity contribution in [1.29, 1.82) is 0 Å². The highest BCUT2D eigenvalue weighted by Crippen LogP contribution is 2.22. The molecule has 4 heteroatoms. The van der Waals surface area contributed by atoms with Crippen molar-refractivity contribution in [2.24, 2.45) is 0 Å². The normalized spacial score (nSPS) is 15.5. The van der Waals surface area contributed by atoms with E-state index in [0.717, 1.165) is 49.8 Å². The first-order valence-electron chi connectivity index (χ1n) is 8.71. The van der Waals surface area contributed by atoms with E-state index in [2.05, 4.69) is 46.2 Å². The lowest BCUT2D eigenvalue weighted by Crippen LogP contribution is -2.46. The van der Waals surface area contributed by atoms with Gasteiger partial charge in [-0.3, -0.25) is 4.90 Å². The molecule has 1 aliphatic heterocycles. The minimum Gasteiger partial charge on any atom is -0.497 e. The Morgan fingerprint density at radius 3 is 2.48 bits per heavy atom. The number of anilines is 1. The van der Waals surface area contributed by atoms with Gasteiger partial charge in [-0.2, -0.15) is 0 Å². The number of piperazine rings is 1. The van der Waals surface area contributed by atoms with Crippen molar-refractivity contribution in [1.82, 2.24) is 4.90 Å². The molecule has 1 fully saturated rings. The number of para-hydroxylation sites is 1. The summed E-state index contributed by atoms with van der Waals surface area (Å²) in [5.74, 6) is 1.83. The standard InChI is InChI=1S/C21H26N2O2/c1-24-20-10-5-9-19(17-20)23-15-13-22(14-16-23)12-6-8-18-7-3-4-11-21(18)25-2/h3-11,17H,12-16H2,1-2H3/b8-6-. The number of ether oxygens (including phenoxy) is 2. The molecule has 0 spiro atoms. The highest BCUT2D eigenvalue weighted by Gasteiger charge is 2.16. The summed E-state index contributed by atoms with van der Waals surface area (Å²) in [6.45, 7) is 5.16. The minimum atomic E-state index is 0.916. The van der Waals surface area contributed by atoms with Crippen LogP contribution in [-0.4, -0.2) is 51.8 Å². The third kappa shape index (κ3) is 4.54. The van der Waals surface area contributed by atoms with Gasteiger partial charge in [-0.25, -0.2) is 0 Å². The summed E-state index contributed by atoms with van der Waals surface area (Å²) < 4.78 is 10.7. The first-order valence-corrected chi connectivity index (χ1v) is 8.71. The lowest BCUT2D eigenvalue weighted by Gasteiger charge is -2.35. The Labute approximate surface area is 150 Å². The maximum absolute atomic E-state index is 5.39. The van der Waals surface area contributed by atoms with Crippen LogP contribution in [0.2, 0.25) is 0 Å². The third-order valence-electron chi connectivity index (χ3n) is 4.59. The van der Waals surface area contributed by atoms with Gasteiger partial charge in [-0.05, 0) is 18.2 Å². The van der Waals surface area contributed by atoms with E-state index in [1.165, 1.54) is 5.69 Å². The fraction of sp³-hybridized carbons (Fsp3) is 0.333. The van der Waals surface area contributed by atoms with Gasteiger partial charge in [0.05, 0.1) is 14.2 Å². The summed E-state index contributed by atoms with van der Waals surface area (Å²) in [5, 5.41) is 0. The second kappa shape index (κ2) is 8.58. The van der Waals surface area contributed by atoms with Crippen molar-refractivity contribution < 1.29 is 9.47 Å². The third-order valence-corrected chi connectivity index (χ3v) is 4.59. The highest BCUT2D eigenvalue weighted by atomic mass is 16.5. The second-order valence-corrected chi connectivity index (χ2v) is 6.13. The van der Waals surface area contributed by atoms with Crippen LogP contribution >= 0.6 is 0 Å². The molecule has 0 aromatic heterocycles. The van der Waals surface area contributed by atoms with Crippen molar-refractivity contribution in [2.75, 3.05) is 51.8 Å². The molecule has 0 bridgehead atoms. The van der Waals surface area contributed by atoms with Crippen molar-refractivity contribution in [3.05, 3.63) is 60.2 Å². The summed E-state index contributed by atoms with van der Waals surface area (Å²) in [4.78, 5) is 4.89. The van der Waals surface area contributed by atoms with Crippen molar-refractivity contribution >= 4 is 11.8 Å². The first-order chi connectivity index (χ1) is 12.3. The highest BCUT2D eigenvalue weighted by molar-refractivity contribution is 5.57.